The van der Waals surface area contributed by atoms with Crippen molar-refractivity contribution in [2.45, 2.75) is 25.8 Å². The Morgan fingerprint density at radius 3 is 2.00 bits per heavy atom. The van der Waals surface area contributed by atoms with Crippen LogP contribution in [0.5, 0.6) is 0 Å². The van der Waals surface area contributed by atoms with E-state index in [-0.39, 0.29) is 0 Å². The minimum Gasteiger partial charge on any atom is -0.365 e. The summed E-state index contributed by atoms with van der Waals surface area (Å²) in [5.41, 5.74) is -0.380. The molecule has 1 atom stereocenters. The van der Waals surface area contributed by atoms with Crippen LogP contribution in [0.2, 0.25) is 5.02 Å². The van der Waals surface area contributed by atoms with Crippen molar-refractivity contribution >= 4 is 29.0 Å². The minimum absolute atomic E-state index is 0.332. The van der Waals surface area contributed by atoms with E-state index in [9.17, 15) is 9.90 Å². The number of hydrogen-bond donors (Lipinski definition) is 1. The number of aliphatic hydroxyl groups is 1. The van der Waals surface area contributed by atoms with Crippen molar-refractivity contribution < 1.29 is 9.90 Å². The van der Waals surface area contributed by atoms with E-state index < -0.39 is 16.3 Å². The molecule has 1 rings (SSSR count). The molecule has 16 heavy (non-hydrogen) atoms. The van der Waals surface area contributed by atoms with Crippen LogP contribution >= 0.6 is 23.2 Å². The van der Waals surface area contributed by atoms with Gasteiger partial charge in [-0.3, -0.25) is 4.79 Å². The Balaban J connectivity index is 3.11. The van der Waals surface area contributed by atoms with Crippen LogP contribution in [-0.4, -0.2) is 10.9 Å². The van der Waals surface area contributed by atoms with Crippen LogP contribution in [0.15, 0.2) is 24.3 Å². The predicted molar refractivity (Wildman–Crippen MR) is 65.7 cm³/mol. The molecule has 0 fully saturated rings. The summed E-state index contributed by atoms with van der Waals surface area (Å²) in [4.78, 5) is 12.0. The normalized spacial score (nSPS) is 15.6. The van der Waals surface area contributed by atoms with Crippen molar-refractivity contribution in [3.63, 3.8) is 0 Å². The first-order valence-electron chi connectivity index (χ1n) is 4.88. The Labute approximate surface area is 105 Å². The quantitative estimate of drug-likeness (QED) is 0.829. The van der Waals surface area contributed by atoms with Crippen LogP contribution in [0.3, 0.4) is 0 Å². The first kappa shape index (κ1) is 13.5. The summed E-state index contributed by atoms with van der Waals surface area (Å²) in [5.74, 6) is -0.441. The number of benzene rings is 1. The Morgan fingerprint density at radius 2 is 1.62 bits per heavy atom. The SMILES string of the molecule is CC(C)(C)C(=O)C(O)(Cl)c1ccc(Cl)cc1. The van der Waals surface area contributed by atoms with Gasteiger partial charge in [0.15, 0.2) is 5.78 Å². The highest BCUT2D eigenvalue weighted by molar-refractivity contribution is 6.34. The van der Waals surface area contributed by atoms with E-state index in [2.05, 4.69) is 0 Å². The standard InChI is InChI=1S/C12H14Cl2O2/c1-11(2,3)10(15)12(14,16)8-4-6-9(13)7-5-8/h4-7,16H,1-3H3. The second-order valence-electron chi connectivity index (χ2n) is 4.71. The zero-order chi connectivity index (χ0) is 12.6. The minimum atomic E-state index is -2.00. The van der Waals surface area contributed by atoms with Gasteiger partial charge in [0.25, 0.3) is 0 Å². The first-order valence-corrected chi connectivity index (χ1v) is 5.63. The van der Waals surface area contributed by atoms with Crippen molar-refractivity contribution in [2.75, 3.05) is 0 Å². The van der Waals surface area contributed by atoms with E-state index >= 15 is 0 Å². The van der Waals surface area contributed by atoms with Gasteiger partial charge < -0.3 is 5.11 Å². The summed E-state index contributed by atoms with van der Waals surface area (Å²) in [7, 11) is 0. The van der Waals surface area contributed by atoms with Crippen LogP contribution in [0, 0.1) is 5.41 Å². The number of alkyl halides is 1. The molecule has 0 radical (unpaired) electrons. The molecule has 88 valence electrons. The summed E-state index contributed by atoms with van der Waals surface area (Å²) in [6.07, 6.45) is 0. The fourth-order valence-electron chi connectivity index (χ4n) is 1.30. The lowest BCUT2D eigenvalue weighted by Gasteiger charge is -2.27. The lowest BCUT2D eigenvalue weighted by Crippen LogP contribution is -2.38. The third kappa shape index (κ3) is 2.76. The fourth-order valence-corrected chi connectivity index (χ4v) is 1.83. The van der Waals surface area contributed by atoms with Crippen molar-refractivity contribution in [2.24, 2.45) is 5.41 Å². The molecule has 0 bridgehead atoms. The average molecular weight is 261 g/mol. The van der Waals surface area contributed by atoms with Gasteiger partial charge in [0.05, 0.1) is 0 Å². The zero-order valence-electron chi connectivity index (χ0n) is 9.42. The molecule has 0 saturated heterocycles. The van der Waals surface area contributed by atoms with E-state index in [1.165, 1.54) is 0 Å². The van der Waals surface area contributed by atoms with Gasteiger partial charge in [-0.1, -0.05) is 56.1 Å². The lowest BCUT2D eigenvalue weighted by atomic mass is 9.85. The summed E-state index contributed by atoms with van der Waals surface area (Å²) in [6.45, 7) is 5.12. The smallest absolute Gasteiger partial charge is 0.224 e. The average Bonchev–Trinajstić information content (AvgIpc) is 2.16. The van der Waals surface area contributed by atoms with Gasteiger partial charge in [-0.2, -0.15) is 0 Å². The van der Waals surface area contributed by atoms with Crippen molar-refractivity contribution in [1.82, 2.24) is 0 Å². The van der Waals surface area contributed by atoms with Crippen molar-refractivity contribution in [1.29, 1.82) is 0 Å². The van der Waals surface area contributed by atoms with Crippen molar-refractivity contribution in [3.8, 4) is 0 Å². The van der Waals surface area contributed by atoms with Gasteiger partial charge in [0, 0.05) is 16.0 Å². The van der Waals surface area contributed by atoms with Gasteiger partial charge in [-0.25, -0.2) is 0 Å². The Morgan fingerprint density at radius 1 is 1.19 bits per heavy atom. The third-order valence-electron chi connectivity index (χ3n) is 2.21. The number of rotatable bonds is 2. The maximum atomic E-state index is 12.0. The summed E-state index contributed by atoms with van der Waals surface area (Å²) < 4.78 is 0. The van der Waals surface area contributed by atoms with Crippen LogP contribution in [0.1, 0.15) is 26.3 Å². The van der Waals surface area contributed by atoms with Gasteiger partial charge in [-0.05, 0) is 12.1 Å². The monoisotopic (exact) mass is 260 g/mol. The topological polar surface area (TPSA) is 37.3 Å². The molecule has 0 amide bonds. The number of hydrogen-bond acceptors (Lipinski definition) is 2. The summed E-state index contributed by atoms with van der Waals surface area (Å²) in [6, 6.07) is 6.25. The molecule has 0 saturated carbocycles. The van der Waals surface area contributed by atoms with Gasteiger partial charge in [-0.15, -0.1) is 0 Å². The number of Topliss-reactive ketones (excluding diaryl/α,β-unsaturated/α-hetero) is 1. The number of halogens is 2. The molecule has 0 aliphatic carbocycles. The highest BCUT2D eigenvalue weighted by Crippen LogP contribution is 2.34. The third-order valence-corrected chi connectivity index (χ3v) is 2.85. The van der Waals surface area contributed by atoms with Crippen LogP contribution in [0.25, 0.3) is 0 Å². The van der Waals surface area contributed by atoms with Crippen LogP contribution in [0.4, 0.5) is 0 Å². The molecule has 2 nitrogen and oxygen atoms in total. The molecule has 1 unspecified atom stereocenters. The Bertz CT molecular complexity index is 388. The zero-order valence-corrected chi connectivity index (χ0v) is 10.9. The van der Waals surface area contributed by atoms with Gasteiger partial charge in [0.2, 0.25) is 5.06 Å². The Hall–Kier alpha value is -0.570. The highest BCUT2D eigenvalue weighted by atomic mass is 35.5. The molecular formula is C12H14Cl2O2. The van der Waals surface area contributed by atoms with Crippen LogP contribution < -0.4 is 0 Å². The molecular weight excluding hydrogens is 247 g/mol. The van der Waals surface area contributed by atoms with E-state index in [1.54, 1.807) is 45.0 Å². The second-order valence-corrected chi connectivity index (χ2v) is 5.69. The molecule has 1 aromatic rings. The molecule has 0 heterocycles. The maximum Gasteiger partial charge on any atom is 0.224 e. The first-order chi connectivity index (χ1) is 7.15. The molecule has 1 N–H and O–H groups in total. The van der Waals surface area contributed by atoms with E-state index in [1.807, 2.05) is 0 Å². The molecule has 0 spiro atoms. The number of carbonyl (C=O) groups is 1. The second kappa shape index (κ2) is 4.36. The number of ketones is 1. The molecule has 0 aliphatic rings. The highest BCUT2D eigenvalue weighted by Gasteiger charge is 2.41. The summed E-state index contributed by atoms with van der Waals surface area (Å²) >= 11 is 11.6. The Kier molecular flexibility index (Phi) is 3.68. The van der Waals surface area contributed by atoms with E-state index in [0.717, 1.165) is 0 Å². The van der Waals surface area contributed by atoms with E-state index in [0.29, 0.717) is 10.6 Å². The van der Waals surface area contributed by atoms with Crippen LogP contribution in [-0.2, 0) is 9.85 Å². The molecule has 4 heteroatoms. The van der Waals surface area contributed by atoms with Gasteiger partial charge >= 0.3 is 0 Å². The fraction of sp³-hybridized carbons (Fsp3) is 0.417. The molecule has 0 aliphatic heterocycles. The summed E-state index contributed by atoms with van der Waals surface area (Å²) in [5, 5.41) is 8.58. The van der Waals surface area contributed by atoms with Gasteiger partial charge in [0.1, 0.15) is 0 Å². The predicted octanol–water partition coefficient (Wildman–Crippen LogP) is 3.34. The molecule has 0 aromatic heterocycles. The van der Waals surface area contributed by atoms with E-state index in [4.69, 9.17) is 23.2 Å². The lowest BCUT2D eigenvalue weighted by molar-refractivity contribution is -0.138. The maximum absolute atomic E-state index is 12.0. The van der Waals surface area contributed by atoms with Crippen molar-refractivity contribution in [3.05, 3.63) is 34.9 Å². The largest absolute Gasteiger partial charge is 0.365 e. The molecule has 1 aromatic carbocycles. The number of carbonyl (C=O) groups excluding carboxylic acids is 1.